The van der Waals surface area contributed by atoms with E-state index in [1.54, 1.807) is 0 Å². The summed E-state index contributed by atoms with van der Waals surface area (Å²) in [4.78, 5) is 3.09. The third-order valence-corrected chi connectivity index (χ3v) is 2.29. The maximum Gasteiger partial charge on any atom is -1.00 e. The van der Waals surface area contributed by atoms with Crippen molar-refractivity contribution in [3.63, 3.8) is 0 Å². The van der Waals surface area contributed by atoms with Crippen molar-refractivity contribution in [2.45, 2.75) is 6.92 Å². The normalized spacial score (nSPS) is 6.70. The molecule has 56 valence electrons. The maximum atomic E-state index is 3.09. The van der Waals surface area contributed by atoms with E-state index in [0.717, 1.165) is 0 Å². The molecule has 0 aliphatic rings. The average Bonchev–Trinajstić information content (AvgIpc) is 1.91. The van der Waals surface area contributed by atoms with Gasteiger partial charge in [-0.2, -0.15) is 0 Å². The van der Waals surface area contributed by atoms with E-state index in [0.29, 0.717) is 0 Å². The molecule has 0 saturated heterocycles. The van der Waals surface area contributed by atoms with E-state index in [4.69, 9.17) is 0 Å². The van der Waals surface area contributed by atoms with Crippen LogP contribution in [-0.4, -0.2) is 4.98 Å². The van der Waals surface area contributed by atoms with Gasteiger partial charge in [-0.25, -0.2) is 0 Å². The molecule has 0 bridgehead atoms. The Hall–Kier alpha value is 1.03. The summed E-state index contributed by atoms with van der Waals surface area (Å²) in [5.74, 6) is 0. The maximum absolute atomic E-state index is 3.09. The number of aryl methyl sites for hydroxylation is 1. The van der Waals surface area contributed by atoms with Crippen LogP contribution in [0.4, 0.5) is 0 Å². The molecule has 1 aromatic rings. The van der Waals surface area contributed by atoms with E-state index in [2.05, 4.69) is 18.0 Å². The van der Waals surface area contributed by atoms with Gasteiger partial charge in [0.05, 0.1) is 0 Å². The van der Waals surface area contributed by atoms with Gasteiger partial charge < -0.3 is 37.2 Å². The summed E-state index contributed by atoms with van der Waals surface area (Å²) in [6.45, 7) is 2.09. The van der Waals surface area contributed by atoms with Crippen molar-refractivity contribution in [2.75, 3.05) is 0 Å². The van der Waals surface area contributed by atoms with Crippen LogP contribution >= 0.6 is 0 Å². The molecule has 0 aromatic carbocycles. The SMILES string of the molecule is Cc1[nH]cc[c]1[Zr+3].[Cl-].[Cl-].[Cl-]. The smallest absolute Gasteiger partial charge is 1.00 e. The average molecular weight is 278 g/mol. The van der Waals surface area contributed by atoms with Crippen molar-refractivity contribution in [1.82, 2.24) is 4.98 Å². The minimum Gasteiger partial charge on any atom is -1.00 e. The zero-order valence-corrected chi connectivity index (χ0v) is 10.0. The quantitative estimate of drug-likeness (QED) is 0.485. The van der Waals surface area contributed by atoms with E-state index in [-0.39, 0.29) is 37.2 Å². The fraction of sp³-hybridized carbons (Fsp3) is 0.200. The monoisotopic (exact) mass is 275 g/mol. The van der Waals surface area contributed by atoms with E-state index in [1.165, 1.54) is 33.7 Å². The minimum absolute atomic E-state index is 0. The van der Waals surface area contributed by atoms with Crippen molar-refractivity contribution in [2.24, 2.45) is 0 Å². The van der Waals surface area contributed by atoms with Gasteiger partial charge in [0.15, 0.2) is 0 Å². The molecule has 0 radical (unpaired) electrons. The standard InChI is InChI=1S/C5H6N.3ClH.Zr/c1-5-3-2-4-6-5;;;;/h2,4,6H,1H3;3*1H;/q;;;;+3/p-3. The Bertz CT molecular complexity index is 149. The topological polar surface area (TPSA) is 15.8 Å². The molecule has 1 N–H and O–H groups in total. The number of nitrogens with one attached hydrogen (secondary N) is 1. The van der Waals surface area contributed by atoms with Crippen molar-refractivity contribution >= 4 is 3.27 Å². The van der Waals surface area contributed by atoms with Gasteiger partial charge in [0, 0.05) is 0 Å². The van der Waals surface area contributed by atoms with Gasteiger partial charge in [0.25, 0.3) is 0 Å². The Morgan fingerprint density at radius 2 is 1.80 bits per heavy atom. The third-order valence-electron chi connectivity index (χ3n) is 0.954. The minimum atomic E-state index is 0. The van der Waals surface area contributed by atoms with Crippen LogP contribution in [0, 0.1) is 6.92 Å². The van der Waals surface area contributed by atoms with Crippen LogP contribution in [0.5, 0.6) is 0 Å². The molecule has 0 saturated carbocycles. The number of H-pyrrole nitrogens is 1. The first-order chi connectivity index (χ1) is 3.30. The number of aromatic nitrogens is 1. The molecular formula is C5H6Cl3NZr. The first kappa shape index (κ1) is 17.2. The predicted octanol–water partition coefficient (Wildman–Crippen LogP) is -8.49. The fourth-order valence-electron chi connectivity index (χ4n) is 0.453. The van der Waals surface area contributed by atoms with Crippen LogP contribution < -0.4 is 40.5 Å². The fourth-order valence-corrected chi connectivity index (χ4v) is 0.835. The molecule has 1 heterocycles. The van der Waals surface area contributed by atoms with Gasteiger partial charge in [0.2, 0.25) is 0 Å². The summed E-state index contributed by atoms with van der Waals surface area (Å²) in [5.41, 5.74) is 1.30. The summed E-state index contributed by atoms with van der Waals surface area (Å²) in [6, 6.07) is 2.10. The van der Waals surface area contributed by atoms with Crippen LogP contribution in [-0.2, 0) is 24.7 Å². The zero-order chi connectivity index (χ0) is 5.28. The van der Waals surface area contributed by atoms with E-state index in [9.17, 15) is 0 Å². The number of hydrogen-bond donors (Lipinski definition) is 1. The number of aromatic amines is 1. The van der Waals surface area contributed by atoms with Gasteiger partial charge in [0.1, 0.15) is 0 Å². The Kier molecular flexibility index (Phi) is 14.0. The molecule has 0 amide bonds. The second-order valence-electron chi connectivity index (χ2n) is 1.52. The summed E-state index contributed by atoms with van der Waals surface area (Å²) >= 11 is 1.49. The molecule has 1 aromatic heterocycles. The molecule has 0 aliphatic heterocycles. The van der Waals surface area contributed by atoms with Crippen LogP contribution in [0.2, 0.25) is 0 Å². The van der Waals surface area contributed by atoms with Crippen molar-refractivity contribution in [1.29, 1.82) is 0 Å². The Balaban J connectivity index is -0.000000163. The van der Waals surface area contributed by atoms with Gasteiger partial charge in [-0.3, -0.25) is 0 Å². The van der Waals surface area contributed by atoms with Crippen LogP contribution in [0.25, 0.3) is 0 Å². The molecule has 5 heteroatoms. The molecule has 0 spiro atoms. The Labute approximate surface area is 94.4 Å². The van der Waals surface area contributed by atoms with Gasteiger partial charge in [-0.1, -0.05) is 0 Å². The number of rotatable bonds is 0. The summed E-state index contributed by atoms with van der Waals surface area (Å²) in [7, 11) is 0. The predicted molar refractivity (Wildman–Crippen MR) is 25.2 cm³/mol. The second-order valence-corrected chi connectivity index (χ2v) is 2.84. The van der Waals surface area contributed by atoms with Crippen molar-refractivity contribution in [3.05, 3.63) is 18.0 Å². The molecule has 0 aliphatic carbocycles. The summed E-state index contributed by atoms with van der Waals surface area (Å²) in [5, 5.41) is 0. The molecule has 0 fully saturated rings. The molecule has 1 nitrogen and oxygen atoms in total. The molecule has 1 rings (SSSR count). The molecule has 0 atom stereocenters. The zero-order valence-electron chi connectivity index (χ0n) is 5.29. The van der Waals surface area contributed by atoms with Gasteiger partial charge in [-0.15, -0.1) is 0 Å². The Morgan fingerprint density at radius 1 is 1.30 bits per heavy atom. The molecular weight excluding hydrogens is 272 g/mol. The van der Waals surface area contributed by atoms with E-state index in [1.807, 2.05) is 6.20 Å². The molecule has 10 heavy (non-hydrogen) atoms. The third kappa shape index (κ3) is 4.79. The largest absolute Gasteiger partial charge is 1.00 e. The second kappa shape index (κ2) is 8.13. The molecule has 0 unspecified atom stereocenters. The van der Waals surface area contributed by atoms with Crippen LogP contribution in [0.1, 0.15) is 5.69 Å². The first-order valence-corrected chi connectivity index (χ1v) is 3.39. The van der Waals surface area contributed by atoms with Gasteiger partial charge >= 0.3 is 57.9 Å². The number of hydrogen-bond acceptors (Lipinski definition) is 0. The Morgan fingerprint density at radius 3 is 1.90 bits per heavy atom. The van der Waals surface area contributed by atoms with Crippen molar-refractivity contribution < 1.29 is 61.9 Å². The van der Waals surface area contributed by atoms with Gasteiger partial charge in [-0.05, 0) is 0 Å². The summed E-state index contributed by atoms with van der Waals surface area (Å²) < 4.78 is 1.42. The number of halogens is 3. The van der Waals surface area contributed by atoms with Crippen molar-refractivity contribution in [3.8, 4) is 0 Å². The van der Waals surface area contributed by atoms with E-state index < -0.39 is 0 Å². The first-order valence-electron chi connectivity index (χ1n) is 2.16. The van der Waals surface area contributed by atoms with E-state index >= 15 is 0 Å². The van der Waals surface area contributed by atoms with Crippen LogP contribution in [0.3, 0.4) is 0 Å². The summed E-state index contributed by atoms with van der Waals surface area (Å²) in [6.07, 6.45) is 1.97. The van der Waals surface area contributed by atoms with Crippen LogP contribution in [0.15, 0.2) is 12.3 Å².